The van der Waals surface area contributed by atoms with E-state index in [0.29, 0.717) is 12.1 Å². The van der Waals surface area contributed by atoms with Crippen molar-refractivity contribution >= 4 is 62.3 Å². The third-order valence-electron chi connectivity index (χ3n) is 5.96. The van der Waals surface area contributed by atoms with Crippen LogP contribution in [-0.2, 0) is 16.6 Å². The Labute approximate surface area is 209 Å². The van der Waals surface area contributed by atoms with Crippen molar-refractivity contribution < 1.29 is 14.3 Å². The van der Waals surface area contributed by atoms with Crippen LogP contribution in [0.3, 0.4) is 0 Å². The number of thioether (sulfide) groups is 1. The molecule has 1 atom stereocenters. The van der Waals surface area contributed by atoms with Crippen LogP contribution in [0.4, 0.5) is 10.5 Å². The number of nitrogens with zero attached hydrogens (tertiary/aromatic N) is 2. The first-order valence-corrected chi connectivity index (χ1v) is 13.0. The van der Waals surface area contributed by atoms with Crippen molar-refractivity contribution in [3.05, 3.63) is 48.0 Å². The Morgan fingerprint density at radius 3 is 2.60 bits per heavy atom. The molecule has 0 aliphatic carbocycles. The van der Waals surface area contributed by atoms with Gasteiger partial charge in [-0.05, 0) is 76.0 Å². The largest absolute Gasteiger partial charge is 0.444 e. The highest BCUT2D eigenvalue weighted by Crippen LogP contribution is 2.34. The molecule has 0 unspecified atom stereocenters. The van der Waals surface area contributed by atoms with Gasteiger partial charge < -0.3 is 19.9 Å². The Kier molecular flexibility index (Phi) is 6.94. The molecule has 0 saturated carbocycles. The summed E-state index contributed by atoms with van der Waals surface area (Å²) in [6.07, 6.45) is 1.87. The SMILES string of the molecule is CSCC[C@H](NC(=O)OC(C)(C)C)C(=O)Nc1ccc2c(c1)c1c(C)c3ccccc3nc1n2C. The molecule has 0 aliphatic rings. The number of nitrogens with one attached hydrogen (secondary N) is 2. The van der Waals surface area contributed by atoms with Crippen LogP contribution in [-0.4, -0.2) is 45.2 Å². The number of fused-ring (bicyclic) bond motifs is 4. The number of hydrogen-bond donors (Lipinski definition) is 2. The molecule has 0 radical (unpaired) electrons. The summed E-state index contributed by atoms with van der Waals surface area (Å²) in [6, 6.07) is 13.3. The molecule has 184 valence electrons. The maximum atomic E-state index is 13.2. The van der Waals surface area contributed by atoms with Gasteiger partial charge in [0.1, 0.15) is 17.3 Å². The van der Waals surface area contributed by atoms with Crippen LogP contribution < -0.4 is 10.6 Å². The van der Waals surface area contributed by atoms with Crippen molar-refractivity contribution in [1.29, 1.82) is 0 Å². The number of alkyl carbamates (subject to hydrolysis) is 1. The van der Waals surface area contributed by atoms with Crippen LogP contribution in [0.2, 0.25) is 0 Å². The molecule has 0 aliphatic heterocycles. The number of aromatic nitrogens is 2. The van der Waals surface area contributed by atoms with E-state index in [1.165, 1.54) is 0 Å². The highest BCUT2D eigenvalue weighted by atomic mass is 32.2. The van der Waals surface area contributed by atoms with Crippen molar-refractivity contribution in [3.63, 3.8) is 0 Å². The van der Waals surface area contributed by atoms with Crippen LogP contribution in [0.15, 0.2) is 42.5 Å². The van der Waals surface area contributed by atoms with E-state index in [4.69, 9.17) is 9.72 Å². The Hall–Kier alpha value is -3.26. The third-order valence-corrected chi connectivity index (χ3v) is 6.61. The van der Waals surface area contributed by atoms with E-state index in [9.17, 15) is 9.59 Å². The predicted octanol–water partition coefficient (Wildman–Crippen LogP) is 5.77. The molecule has 2 aromatic heterocycles. The number of amides is 2. The molecular weight excluding hydrogens is 460 g/mol. The van der Waals surface area contributed by atoms with E-state index >= 15 is 0 Å². The lowest BCUT2D eigenvalue weighted by atomic mass is 10.0. The zero-order valence-corrected chi connectivity index (χ0v) is 21.9. The van der Waals surface area contributed by atoms with Gasteiger partial charge in [0.05, 0.1) is 11.0 Å². The highest BCUT2D eigenvalue weighted by molar-refractivity contribution is 7.98. The first-order valence-electron chi connectivity index (χ1n) is 11.7. The molecule has 0 spiro atoms. The number of para-hydroxylation sites is 1. The fraction of sp³-hybridized carbons (Fsp3) is 0.370. The van der Waals surface area contributed by atoms with Gasteiger partial charge in [0.15, 0.2) is 0 Å². The summed E-state index contributed by atoms with van der Waals surface area (Å²) in [5.74, 6) is 0.457. The molecular formula is C27H32N4O3S. The van der Waals surface area contributed by atoms with Crippen LogP contribution in [0, 0.1) is 6.92 Å². The van der Waals surface area contributed by atoms with E-state index in [1.54, 1.807) is 32.5 Å². The summed E-state index contributed by atoms with van der Waals surface area (Å²) in [7, 11) is 2.01. The lowest BCUT2D eigenvalue weighted by molar-refractivity contribution is -0.118. The first-order chi connectivity index (χ1) is 16.6. The van der Waals surface area contributed by atoms with Crippen molar-refractivity contribution in [2.24, 2.45) is 7.05 Å². The number of carbonyl (C=O) groups excluding carboxylic acids is 2. The topological polar surface area (TPSA) is 85.2 Å². The molecule has 0 fully saturated rings. The van der Waals surface area contributed by atoms with Crippen LogP contribution >= 0.6 is 11.8 Å². The van der Waals surface area contributed by atoms with Crippen LogP contribution in [0.1, 0.15) is 32.8 Å². The van der Waals surface area contributed by atoms with Crippen molar-refractivity contribution in [2.75, 3.05) is 17.3 Å². The third kappa shape index (κ3) is 5.22. The van der Waals surface area contributed by atoms with Crippen molar-refractivity contribution in [3.8, 4) is 0 Å². The Morgan fingerprint density at radius 2 is 1.89 bits per heavy atom. The monoisotopic (exact) mass is 492 g/mol. The first kappa shape index (κ1) is 24.9. The summed E-state index contributed by atoms with van der Waals surface area (Å²) >= 11 is 1.62. The lowest BCUT2D eigenvalue weighted by Crippen LogP contribution is -2.46. The van der Waals surface area contributed by atoms with Gasteiger partial charge >= 0.3 is 6.09 Å². The molecule has 0 saturated heterocycles. The maximum absolute atomic E-state index is 13.2. The second-order valence-corrected chi connectivity index (χ2v) is 10.7. The average molecular weight is 493 g/mol. The summed E-state index contributed by atoms with van der Waals surface area (Å²) in [5.41, 5.74) is 4.09. The summed E-state index contributed by atoms with van der Waals surface area (Å²) in [5, 5.41) is 8.93. The number of rotatable bonds is 6. The standard InChI is InChI=1S/C27H32N4O3S/c1-16-18-9-7-8-10-20(18)29-24-23(16)19-15-17(11-12-22(19)31(24)5)28-25(32)21(13-14-35-6)30-26(33)34-27(2,3)4/h7-12,15,21H,13-14H2,1-6H3,(H,28,32)(H,30,33)/t21-/m0/s1. The molecule has 35 heavy (non-hydrogen) atoms. The molecule has 4 rings (SSSR count). The Morgan fingerprint density at radius 1 is 1.14 bits per heavy atom. The quantitative estimate of drug-likeness (QED) is 0.357. The summed E-state index contributed by atoms with van der Waals surface area (Å²) in [6.45, 7) is 7.50. The van der Waals surface area contributed by atoms with Crippen molar-refractivity contribution in [2.45, 2.75) is 45.8 Å². The maximum Gasteiger partial charge on any atom is 0.408 e. The fourth-order valence-electron chi connectivity index (χ4n) is 4.33. The van der Waals surface area contributed by atoms with Gasteiger partial charge in [0.25, 0.3) is 0 Å². The number of hydrogen-bond acceptors (Lipinski definition) is 5. The number of anilines is 1. The lowest BCUT2D eigenvalue weighted by Gasteiger charge is -2.23. The molecule has 4 aromatic rings. The molecule has 8 heteroatoms. The minimum atomic E-state index is -0.701. The molecule has 2 aromatic carbocycles. The molecule has 2 heterocycles. The minimum Gasteiger partial charge on any atom is -0.444 e. The fourth-order valence-corrected chi connectivity index (χ4v) is 4.80. The Bertz CT molecular complexity index is 1420. The van der Waals surface area contributed by atoms with E-state index in [0.717, 1.165) is 44.2 Å². The van der Waals surface area contributed by atoms with Gasteiger partial charge in [0, 0.05) is 28.9 Å². The van der Waals surface area contributed by atoms with Gasteiger partial charge in [-0.3, -0.25) is 4.79 Å². The van der Waals surface area contributed by atoms with Gasteiger partial charge in [0.2, 0.25) is 5.91 Å². The van der Waals surface area contributed by atoms with E-state index in [2.05, 4.69) is 28.2 Å². The van der Waals surface area contributed by atoms with Gasteiger partial charge in [-0.1, -0.05) is 18.2 Å². The highest BCUT2D eigenvalue weighted by Gasteiger charge is 2.24. The normalized spacial score (nSPS) is 12.7. The van der Waals surface area contributed by atoms with Crippen molar-refractivity contribution in [1.82, 2.24) is 14.9 Å². The van der Waals surface area contributed by atoms with Gasteiger partial charge in [-0.2, -0.15) is 11.8 Å². The summed E-state index contributed by atoms with van der Waals surface area (Å²) in [4.78, 5) is 30.4. The van der Waals surface area contributed by atoms with E-state index in [1.807, 2.05) is 49.7 Å². The van der Waals surface area contributed by atoms with Crippen LogP contribution in [0.25, 0.3) is 32.8 Å². The minimum absolute atomic E-state index is 0.273. The molecule has 7 nitrogen and oxygen atoms in total. The smallest absolute Gasteiger partial charge is 0.408 e. The van der Waals surface area contributed by atoms with Crippen LogP contribution in [0.5, 0.6) is 0 Å². The zero-order chi connectivity index (χ0) is 25.3. The zero-order valence-electron chi connectivity index (χ0n) is 21.1. The summed E-state index contributed by atoms with van der Waals surface area (Å²) < 4.78 is 7.44. The second kappa shape index (κ2) is 9.77. The molecule has 2 amide bonds. The predicted molar refractivity (Wildman–Crippen MR) is 145 cm³/mol. The number of ether oxygens (including phenoxy) is 1. The molecule has 2 N–H and O–H groups in total. The van der Waals surface area contributed by atoms with E-state index in [-0.39, 0.29) is 5.91 Å². The Balaban J connectivity index is 1.67. The molecule has 0 bridgehead atoms. The number of pyridine rings is 1. The number of carbonyl (C=O) groups is 2. The second-order valence-electron chi connectivity index (χ2n) is 9.71. The number of aryl methyl sites for hydroxylation is 2. The van der Waals surface area contributed by atoms with Gasteiger partial charge in [-0.25, -0.2) is 9.78 Å². The number of benzene rings is 2. The van der Waals surface area contributed by atoms with Gasteiger partial charge in [-0.15, -0.1) is 0 Å². The van der Waals surface area contributed by atoms with E-state index < -0.39 is 17.7 Å². The average Bonchev–Trinajstić information content (AvgIpc) is 3.07.